The minimum Gasteiger partial charge on any atom is -0.497 e. The number of morpholine rings is 1. The van der Waals surface area contributed by atoms with Gasteiger partial charge in [0.05, 0.1) is 20.3 Å². The molecule has 1 heterocycles. The molecule has 8 nitrogen and oxygen atoms in total. The SMILES string of the molecule is CCCC[C@@H](C(=O)C(=O)NCc1cccc(OC)c1)N(C(=O)N1CCOCC1)C1CCCCC1. The molecule has 2 aliphatic rings. The van der Waals surface area contributed by atoms with Crippen LogP contribution in [0.15, 0.2) is 24.3 Å². The van der Waals surface area contributed by atoms with E-state index in [2.05, 4.69) is 12.2 Å². The van der Waals surface area contributed by atoms with Crippen LogP contribution >= 0.6 is 0 Å². The van der Waals surface area contributed by atoms with Crippen molar-refractivity contribution in [1.29, 1.82) is 0 Å². The van der Waals surface area contributed by atoms with Crippen LogP contribution in [0.25, 0.3) is 0 Å². The first-order chi connectivity index (χ1) is 16.5. The fourth-order valence-electron chi connectivity index (χ4n) is 4.82. The number of nitrogens with zero attached hydrogens (tertiary/aromatic N) is 2. The zero-order valence-corrected chi connectivity index (χ0v) is 20.6. The molecule has 0 bridgehead atoms. The smallest absolute Gasteiger partial charge is 0.321 e. The summed E-state index contributed by atoms with van der Waals surface area (Å²) in [6.45, 7) is 4.30. The van der Waals surface area contributed by atoms with Crippen LogP contribution in [0.2, 0.25) is 0 Å². The molecule has 8 heteroatoms. The number of amides is 3. The van der Waals surface area contributed by atoms with Crippen LogP contribution in [-0.2, 0) is 20.9 Å². The summed E-state index contributed by atoms with van der Waals surface area (Å²) in [5.41, 5.74) is 0.846. The maximum Gasteiger partial charge on any atom is 0.321 e. The second-order valence-corrected chi connectivity index (χ2v) is 9.14. The number of methoxy groups -OCH3 is 1. The molecule has 1 aromatic carbocycles. The highest BCUT2D eigenvalue weighted by Crippen LogP contribution is 2.28. The Labute approximate surface area is 202 Å². The number of carbonyl (C=O) groups is 3. The Kier molecular flexibility index (Phi) is 10.2. The van der Waals surface area contributed by atoms with E-state index in [1.54, 1.807) is 16.9 Å². The van der Waals surface area contributed by atoms with Gasteiger partial charge in [0.15, 0.2) is 0 Å². The normalized spacial score (nSPS) is 17.6. The van der Waals surface area contributed by atoms with E-state index < -0.39 is 17.7 Å². The molecule has 0 radical (unpaired) electrons. The highest BCUT2D eigenvalue weighted by atomic mass is 16.5. The van der Waals surface area contributed by atoms with E-state index in [4.69, 9.17) is 9.47 Å². The van der Waals surface area contributed by atoms with Crippen molar-refractivity contribution in [1.82, 2.24) is 15.1 Å². The molecular weight excluding hydrogens is 434 g/mol. The lowest BCUT2D eigenvalue weighted by Crippen LogP contribution is -2.59. The molecule has 1 N–H and O–H groups in total. The number of rotatable bonds is 10. The lowest BCUT2D eigenvalue weighted by Gasteiger charge is -2.42. The van der Waals surface area contributed by atoms with Crippen LogP contribution in [0.1, 0.15) is 63.9 Å². The van der Waals surface area contributed by atoms with Crippen molar-refractivity contribution < 1.29 is 23.9 Å². The highest BCUT2D eigenvalue weighted by Gasteiger charge is 2.39. The molecule has 3 rings (SSSR count). The Morgan fingerprint density at radius 1 is 1.18 bits per heavy atom. The molecule has 1 aliphatic carbocycles. The number of hydrogen-bond acceptors (Lipinski definition) is 5. The number of ether oxygens (including phenoxy) is 2. The number of nitrogens with one attached hydrogen (secondary N) is 1. The lowest BCUT2D eigenvalue weighted by atomic mass is 9.91. The minimum atomic E-state index is -0.747. The quantitative estimate of drug-likeness (QED) is 0.525. The topological polar surface area (TPSA) is 88.2 Å². The monoisotopic (exact) mass is 473 g/mol. The largest absolute Gasteiger partial charge is 0.497 e. The van der Waals surface area contributed by atoms with E-state index in [9.17, 15) is 14.4 Å². The summed E-state index contributed by atoms with van der Waals surface area (Å²) in [5, 5.41) is 2.77. The van der Waals surface area contributed by atoms with Crippen LogP contribution in [0.3, 0.4) is 0 Å². The Balaban J connectivity index is 1.78. The fourth-order valence-corrected chi connectivity index (χ4v) is 4.82. The third-order valence-corrected chi connectivity index (χ3v) is 6.75. The molecule has 2 fully saturated rings. The average Bonchev–Trinajstić information content (AvgIpc) is 2.90. The van der Waals surface area contributed by atoms with Crippen LogP contribution in [-0.4, -0.2) is 73.0 Å². The first-order valence-electron chi connectivity index (χ1n) is 12.6. The van der Waals surface area contributed by atoms with Crippen LogP contribution in [0, 0.1) is 0 Å². The Hall–Kier alpha value is -2.61. The number of urea groups is 1. The van der Waals surface area contributed by atoms with Crippen molar-refractivity contribution >= 4 is 17.7 Å². The van der Waals surface area contributed by atoms with E-state index in [-0.39, 0.29) is 18.6 Å². The second-order valence-electron chi connectivity index (χ2n) is 9.14. The van der Waals surface area contributed by atoms with E-state index in [0.717, 1.165) is 50.5 Å². The van der Waals surface area contributed by atoms with Gasteiger partial charge in [0.2, 0.25) is 5.78 Å². The van der Waals surface area contributed by atoms with Crippen molar-refractivity contribution in [3.63, 3.8) is 0 Å². The lowest BCUT2D eigenvalue weighted by molar-refractivity contribution is -0.141. The summed E-state index contributed by atoms with van der Waals surface area (Å²) in [6, 6.07) is 6.48. The van der Waals surface area contributed by atoms with Crippen molar-refractivity contribution in [3.05, 3.63) is 29.8 Å². The summed E-state index contributed by atoms with van der Waals surface area (Å²) in [6.07, 6.45) is 7.12. The van der Waals surface area contributed by atoms with Crippen molar-refractivity contribution in [3.8, 4) is 5.75 Å². The highest BCUT2D eigenvalue weighted by molar-refractivity contribution is 6.38. The molecular formula is C26H39N3O5. The van der Waals surface area contributed by atoms with Gasteiger partial charge >= 0.3 is 6.03 Å². The molecule has 1 atom stereocenters. The van der Waals surface area contributed by atoms with Gasteiger partial charge in [0, 0.05) is 25.7 Å². The number of ketones is 1. The maximum absolute atomic E-state index is 13.7. The van der Waals surface area contributed by atoms with Crippen LogP contribution < -0.4 is 10.1 Å². The molecule has 188 valence electrons. The third-order valence-electron chi connectivity index (χ3n) is 6.75. The summed E-state index contributed by atoms with van der Waals surface area (Å²) in [5.74, 6) is -0.471. The first-order valence-corrected chi connectivity index (χ1v) is 12.6. The number of hydrogen-bond donors (Lipinski definition) is 1. The summed E-state index contributed by atoms with van der Waals surface area (Å²) in [7, 11) is 1.59. The molecule has 1 aliphatic heterocycles. The van der Waals surface area contributed by atoms with Gasteiger partial charge in [0.1, 0.15) is 11.8 Å². The minimum absolute atomic E-state index is 0.0129. The fraction of sp³-hybridized carbons (Fsp3) is 0.654. The first kappa shape index (κ1) is 26.0. The van der Waals surface area contributed by atoms with Crippen molar-refractivity contribution in [2.45, 2.75) is 76.9 Å². The molecule has 0 spiro atoms. The van der Waals surface area contributed by atoms with E-state index >= 15 is 0 Å². The number of Topliss-reactive ketones (excluding diaryl/α,β-unsaturated/α-hetero) is 1. The molecule has 1 saturated heterocycles. The van der Waals surface area contributed by atoms with Crippen LogP contribution in [0.5, 0.6) is 5.75 Å². The number of benzene rings is 1. The molecule has 0 aromatic heterocycles. The number of unbranched alkanes of at least 4 members (excludes halogenated alkanes) is 1. The molecule has 3 amide bonds. The second kappa shape index (κ2) is 13.3. The van der Waals surface area contributed by atoms with Gasteiger partial charge in [-0.1, -0.05) is 51.2 Å². The Morgan fingerprint density at radius 2 is 1.91 bits per heavy atom. The summed E-state index contributed by atoms with van der Waals surface area (Å²) < 4.78 is 10.7. The molecule has 34 heavy (non-hydrogen) atoms. The van der Waals surface area contributed by atoms with Gasteiger partial charge in [-0.25, -0.2) is 4.79 Å². The van der Waals surface area contributed by atoms with E-state index in [1.807, 2.05) is 24.3 Å². The third kappa shape index (κ3) is 6.95. The van der Waals surface area contributed by atoms with Crippen molar-refractivity contribution in [2.75, 3.05) is 33.4 Å². The van der Waals surface area contributed by atoms with E-state index in [1.165, 1.54) is 0 Å². The standard InChI is InChI=1S/C26H39N3O5/c1-3-4-13-23(24(30)25(31)27-19-20-9-8-12-22(18-20)33-2)29(21-10-6-5-7-11-21)26(32)28-14-16-34-17-15-28/h8-9,12,18,21,23H,3-7,10-11,13-17,19H2,1-2H3,(H,27,31)/t23-/m0/s1. The predicted octanol–water partition coefficient (Wildman–Crippen LogP) is 3.53. The predicted molar refractivity (Wildman–Crippen MR) is 130 cm³/mol. The summed E-state index contributed by atoms with van der Waals surface area (Å²) in [4.78, 5) is 43.7. The Morgan fingerprint density at radius 3 is 2.59 bits per heavy atom. The number of carbonyl (C=O) groups excluding carboxylic acids is 3. The van der Waals surface area contributed by atoms with Gasteiger partial charge in [-0.3, -0.25) is 9.59 Å². The molecule has 1 saturated carbocycles. The van der Waals surface area contributed by atoms with Gasteiger partial charge in [-0.15, -0.1) is 0 Å². The van der Waals surface area contributed by atoms with Gasteiger partial charge in [-0.05, 0) is 37.0 Å². The van der Waals surface area contributed by atoms with Crippen molar-refractivity contribution in [2.24, 2.45) is 0 Å². The molecule has 0 unspecified atom stereocenters. The summed E-state index contributed by atoms with van der Waals surface area (Å²) >= 11 is 0. The van der Waals surface area contributed by atoms with Gasteiger partial charge < -0.3 is 24.6 Å². The van der Waals surface area contributed by atoms with Crippen LogP contribution in [0.4, 0.5) is 4.79 Å². The zero-order chi connectivity index (χ0) is 24.3. The Bertz CT molecular complexity index is 818. The molecule has 1 aromatic rings. The zero-order valence-electron chi connectivity index (χ0n) is 20.6. The maximum atomic E-state index is 13.7. The van der Waals surface area contributed by atoms with E-state index in [0.29, 0.717) is 38.5 Å². The van der Waals surface area contributed by atoms with Gasteiger partial charge in [-0.2, -0.15) is 0 Å². The average molecular weight is 474 g/mol. The van der Waals surface area contributed by atoms with Gasteiger partial charge in [0.25, 0.3) is 5.91 Å².